The molecule has 1 saturated heterocycles. The lowest BCUT2D eigenvalue weighted by Gasteiger charge is -2.16. The zero-order valence-electron chi connectivity index (χ0n) is 10.6. The van der Waals surface area contributed by atoms with Gasteiger partial charge in [0.25, 0.3) is 0 Å². The van der Waals surface area contributed by atoms with Gasteiger partial charge in [0.15, 0.2) is 9.84 Å². The fraction of sp³-hybridized carbons (Fsp3) is 0.455. The molecular weight excluding hydrogens is 329 g/mol. The number of halogens is 2. The van der Waals surface area contributed by atoms with E-state index in [1.165, 1.54) is 0 Å². The van der Waals surface area contributed by atoms with Crippen molar-refractivity contribution in [2.24, 2.45) is 0 Å². The van der Waals surface area contributed by atoms with Gasteiger partial charge in [-0.3, -0.25) is 0 Å². The van der Waals surface area contributed by atoms with E-state index in [9.17, 15) is 21.2 Å². The van der Waals surface area contributed by atoms with Crippen LogP contribution in [-0.2, 0) is 19.9 Å². The summed E-state index contributed by atoms with van der Waals surface area (Å²) in [5, 5.41) is -0.988. The second kappa shape index (κ2) is 5.25. The number of nitrogens with zero attached hydrogens (tertiary/aromatic N) is 1. The van der Waals surface area contributed by atoms with E-state index in [-0.39, 0.29) is 29.4 Å². The van der Waals surface area contributed by atoms with Crippen LogP contribution in [0.25, 0.3) is 0 Å². The molecule has 1 aliphatic rings. The van der Waals surface area contributed by atoms with Crippen molar-refractivity contribution >= 4 is 31.5 Å². The molecule has 1 aromatic carbocycles. The molecule has 9 heteroatoms. The summed E-state index contributed by atoms with van der Waals surface area (Å²) in [5.74, 6) is -0.707. The Morgan fingerprint density at radius 1 is 1.30 bits per heavy atom. The molecule has 0 amide bonds. The Labute approximate surface area is 122 Å². The predicted molar refractivity (Wildman–Crippen MR) is 73.4 cm³/mol. The normalized spacial score (nSPS) is 21.2. The average molecular weight is 342 g/mol. The van der Waals surface area contributed by atoms with E-state index in [0.29, 0.717) is 0 Å². The van der Waals surface area contributed by atoms with Crippen LogP contribution in [0.5, 0.6) is 0 Å². The molecule has 2 rings (SSSR count). The standard InChI is InChI=1S/C11H13ClFNO4S2/c1-19(15,16)9-4-5-14(7-9)20(17,18)8-2-3-11(13)10(12)6-8/h2-3,6,9H,4-5,7H2,1H3. The highest BCUT2D eigenvalue weighted by molar-refractivity contribution is 7.91. The molecule has 0 aromatic heterocycles. The summed E-state index contributed by atoms with van der Waals surface area (Å²) in [6.45, 7) is 0.0330. The summed E-state index contributed by atoms with van der Waals surface area (Å²) in [5.41, 5.74) is 0. The lowest BCUT2D eigenvalue weighted by Crippen LogP contribution is -2.31. The van der Waals surface area contributed by atoms with Crippen LogP contribution in [0, 0.1) is 5.82 Å². The zero-order valence-corrected chi connectivity index (χ0v) is 13.0. The molecule has 0 radical (unpaired) electrons. The van der Waals surface area contributed by atoms with Crippen molar-refractivity contribution in [3.05, 3.63) is 29.0 Å². The van der Waals surface area contributed by atoms with Crippen LogP contribution in [-0.4, -0.2) is 45.7 Å². The summed E-state index contributed by atoms with van der Waals surface area (Å²) < 4.78 is 61.7. The van der Waals surface area contributed by atoms with Gasteiger partial charge in [-0.05, 0) is 24.6 Å². The number of sulfone groups is 1. The van der Waals surface area contributed by atoms with Crippen molar-refractivity contribution in [1.29, 1.82) is 0 Å². The van der Waals surface area contributed by atoms with E-state index in [2.05, 4.69) is 0 Å². The lowest BCUT2D eigenvalue weighted by molar-refractivity contribution is 0.476. The lowest BCUT2D eigenvalue weighted by atomic mass is 10.3. The van der Waals surface area contributed by atoms with Crippen LogP contribution < -0.4 is 0 Å². The number of hydrogen-bond acceptors (Lipinski definition) is 4. The second-order valence-corrected chi connectivity index (χ2v) is 9.35. The van der Waals surface area contributed by atoms with Crippen molar-refractivity contribution in [2.45, 2.75) is 16.6 Å². The van der Waals surface area contributed by atoms with Crippen LogP contribution in [0.4, 0.5) is 4.39 Å². The summed E-state index contributed by atoms with van der Waals surface area (Å²) in [6.07, 6.45) is 1.34. The molecule has 1 aliphatic heterocycles. The maximum Gasteiger partial charge on any atom is 0.243 e. The third-order valence-electron chi connectivity index (χ3n) is 3.24. The highest BCUT2D eigenvalue weighted by Crippen LogP contribution is 2.26. The Morgan fingerprint density at radius 3 is 2.45 bits per heavy atom. The van der Waals surface area contributed by atoms with Gasteiger partial charge >= 0.3 is 0 Å². The van der Waals surface area contributed by atoms with Crippen LogP contribution >= 0.6 is 11.6 Å². The highest BCUT2D eigenvalue weighted by atomic mass is 35.5. The predicted octanol–water partition coefficient (Wildman–Crippen LogP) is 1.29. The first-order valence-corrected chi connectivity index (χ1v) is 9.53. The summed E-state index contributed by atoms with van der Waals surface area (Å²) >= 11 is 5.57. The Balaban J connectivity index is 2.30. The molecular formula is C11H13ClFNO4S2. The zero-order chi connectivity index (χ0) is 15.1. The highest BCUT2D eigenvalue weighted by Gasteiger charge is 2.37. The molecule has 112 valence electrons. The van der Waals surface area contributed by atoms with Gasteiger partial charge in [0.2, 0.25) is 10.0 Å². The van der Waals surface area contributed by atoms with Gasteiger partial charge in [0, 0.05) is 19.3 Å². The van der Waals surface area contributed by atoms with E-state index in [0.717, 1.165) is 28.8 Å². The maximum atomic E-state index is 13.1. The third-order valence-corrected chi connectivity index (χ3v) is 6.99. The van der Waals surface area contributed by atoms with Crippen molar-refractivity contribution in [3.63, 3.8) is 0 Å². The van der Waals surface area contributed by atoms with Gasteiger partial charge in [-0.2, -0.15) is 4.31 Å². The molecule has 1 heterocycles. The van der Waals surface area contributed by atoms with Crippen LogP contribution in [0.2, 0.25) is 5.02 Å². The van der Waals surface area contributed by atoms with E-state index in [1.807, 2.05) is 0 Å². The van der Waals surface area contributed by atoms with Gasteiger partial charge in [-0.15, -0.1) is 0 Å². The van der Waals surface area contributed by atoms with Gasteiger partial charge in [0.1, 0.15) is 5.82 Å². The van der Waals surface area contributed by atoms with E-state index in [4.69, 9.17) is 11.6 Å². The quantitative estimate of drug-likeness (QED) is 0.830. The fourth-order valence-corrected chi connectivity index (χ4v) is 4.90. The Hall–Kier alpha value is -0.700. The smallest absolute Gasteiger partial charge is 0.229 e. The molecule has 0 bridgehead atoms. The summed E-state index contributed by atoms with van der Waals surface area (Å²) in [6, 6.07) is 3.11. The largest absolute Gasteiger partial charge is 0.243 e. The van der Waals surface area contributed by atoms with Crippen LogP contribution in [0.1, 0.15) is 6.42 Å². The number of hydrogen-bond donors (Lipinski definition) is 0. The first kappa shape index (κ1) is 15.7. The Morgan fingerprint density at radius 2 is 1.95 bits per heavy atom. The third kappa shape index (κ3) is 2.98. The molecule has 1 atom stereocenters. The van der Waals surface area contributed by atoms with Crippen molar-refractivity contribution in [2.75, 3.05) is 19.3 Å². The minimum absolute atomic E-state index is 0.0871. The monoisotopic (exact) mass is 341 g/mol. The molecule has 0 saturated carbocycles. The van der Waals surface area contributed by atoms with Crippen molar-refractivity contribution in [3.8, 4) is 0 Å². The fourth-order valence-electron chi connectivity index (χ4n) is 2.05. The van der Waals surface area contributed by atoms with Crippen molar-refractivity contribution in [1.82, 2.24) is 4.31 Å². The van der Waals surface area contributed by atoms with E-state index < -0.39 is 30.9 Å². The van der Waals surface area contributed by atoms with Crippen LogP contribution in [0.3, 0.4) is 0 Å². The van der Waals surface area contributed by atoms with Crippen molar-refractivity contribution < 1.29 is 21.2 Å². The first-order valence-electron chi connectivity index (χ1n) is 5.76. The molecule has 1 unspecified atom stereocenters. The molecule has 0 aliphatic carbocycles. The molecule has 0 spiro atoms. The molecule has 0 N–H and O–H groups in total. The minimum Gasteiger partial charge on any atom is -0.229 e. The molecule has 1 aromatic rings. The molecule has 20 heavy (non-hydrogen) atoms. The Bertz CT molecular complexity index is 733. The van der Waals surface area contributed by atoms with E-state index >= 15 is 0 Å². The van der Waals surface area contributed by atoms with Gasteiger partial charge < -0.3 is 0 Å². The summed E-state index contributed by atoms with van der Waals surface area (Å²) in [4.78, 5) is -0.141. The van der Waals surface area contributed by atoms with Gasteiger partial charge in [0.05, 0.1) is 15.2 Å². The SMILES string of the molecule is CS(=O)(=O)C1CCN(S(=O)(=O)c2ccc(F)c(Cl)c2)C1. The number of benzene rings is 1. The number of rotatable bonds is 3. The minimum atomic E-state index is -3.85. The topological polar surface area (TPSA) is 71.5 Å². The van der Waals surface area contributed by atoms with Gasteiger partial charge in [-0.25, -0.2) is 21.2 Å². The van der Waals surface area contributed by atoms with E-state index in [1.54, 1.807) is 0 Å². The van der Waals surface area contributed by atoms with Crippen LogP contribution in [0.15, 0.2) is 23.1 Å². The van der Waals surface area contributed by atoms with Gasteiger partial charge in [-0.1, -0.05) is 11.6 Å². The molecule has 1 fully saturated rings. The summed E-state index contributed by atoms with van der Waals surface area (Å²) in [7, 11) is -7.14. The number of sulfonamides is 1. The maximum absolute atomic E-state index is 13.1. The molecule has 5 nitrogen and oxygen atoms in total. The first-order chi connectivity index (χ1) is 9.12. The average Bonchev–Trinajstić information content (AvgIpc) is 2.82. The Kier molecular flexibility index (Phi) is 4.12. The second-order valence-electron chi connectivity index (χ2n) is 4.68.